The number of rotatable bonds is 3. The molecule has 1 aromatic carbocycles. The molecule has 18 heavy (non-hydrogen) atoms. The maximum Gasteiger partial charge on any atom is 0.115 e. The quantitative estimate of drug-likeness (QED) is 0.882. The molecule has 0 radical (unpaired) electrons. The summed E-state index contributed by atoms with van der Waals surface area (Å²) >= 11 is 1.93. The fraction of sp³-hybridized carbons (Fsp3) is 0.600. The van der Waals surface area contributed by atoms with E-state index in [-0.39, 0.29) is 5.41 Å². The lowest BCUT2D eigenvalue weighted by Crippen LogP contribution is -2.75. The molecule has 0 amide bonds. The van der Waals surface area contributed by atoms with Gasteiger partial charge in [0.2, 0.25) is 0 Å². The summed E-state index contributed by atoms with van der Waals surface area (Å²) in [6.45, 7) is 4.50. The molecule has 2 nitrogen and oxygen atoms in total. The Hall–Kier alpha value is -0.670. The molecule has 2 atom stereocenters. The van der Waals surface area contributed by atoms with Crippen LogP contribution in [0.3, 0.4) is 0 Å². The summed E-state index contributed by atoms with van der Waals surface area (Å²) in [6, 6.07) is 6.30. The fourth-order valence-electron chi connectivity index (χ4n) is 3.52. The van der Waals surface area contributed by atoms with Gasteiger partial charge in [0.1, 0.15) is 11.8 Å². The minimum atomic E-state index is 0.125. The van der Waals surface area contributed by atoms with Gasteiger partial charge >= 0.3 is 0 Å². The molecule has 0 fully saturated rings. The Morgan fingerprint density at radius 2 is 2.06 bits per heavy atom. The van der Waals surface area contributed by atoms with Crippen LogP contribution in [0.4, 0.5) is 0 Å². The van der Waals surface area contributed by atoms with Crippen LogP contribution in [0, 0.1) is 0 Å². The third-order valence-corrected chi connectivity index (χ3v) is 5.87. The third kappa shape index (κ3) is 1.94. The number of thioether (sulfide) groups is 1. The zero-order valence-corrected chi connectivity index (χ0v) is 12.4. The summed E-state index contributed by atoms with van der Waals surface area (Å²) in [5.41, 5.74) is 7.33. The lowest BCUT2D eigenvalue weighted by atomic mass is 9.63. The van der Waals surface area contributed by atoms with E-state index in [1.807, 2.05) is 23.9 Å². The summed E-state index contributed by atoms with van der Waals surface area (Å²) in [5, 5.41) is 10.4. The predicted octanol–water partition coefficient (Wildman–Crippen LogP) is 2.35. The first kappa shape index (κ1) is 13.8. The van der Waals surface area contributed by atoms with E-state index in [9.17, 15) is 5.11 Å². The first-order valence-corrected chi connectivity index (χ1v) is 8.06. The van der Waals surface area contributed by atoms with E-state index < -0.39 is 0 Å². The molecule has 0 spiro atoms. The normalized spacial score (nSPS) is 25.8. The highest BCUT2D eigenvalue weighted by molar-refractivity contribution is 7.99. The van der Waals surface area contributed by atoms with E-state index >= 15 is 0 Å². The highest BCUT2D eigenvalue weighted by Gasteiger charge is 2.47. The average Bonchev–Trinajstić information content (AvgIpc) is 2.39. The summed E-state index contributed by atoms with van der Waals surface area (Å²) < 4.78 is 0. The van der Waals surface area contributed by atoms with E-state index in [2.05, 4.69) is 31.9 Å². The van der Waals surface area contributed by atoms with Gasteiger partial charge in [0.25, 0.3) is 0 Å². The number of aromatic hydroxyl groups is 1. The molecular formula is C15H24NOS+. The summed E-state index contributed by atoms with van der Waals surface area (Å²) in [5.74, 6) is 0.384. The zero-order chi connectivity index (χ0) is 13.3. The Morgan fingerprint density at radius 3 is 2.61 bits per heavy atom. The second kappa shape index (κ2) is 5.14. The van der Waals surface area contributed by atoms with Gasteiger partial charge in [-0.05, 0) is 48.8 Å². The molecule has 0 bridgehead atoms. The molecule has 1 aromatic rings. The molecular weight excluding hydrogens is 242 g/mol. The highest BCUT2D eigenvalue weighted by Crippen LogP contribution is 2.44. The van der Waals surface area contributed by atoms with E-state index in [1.54, 1.807) is 0 Å². The van der Waals surface area contributed by atoms with E-state index in [0.29, 0.717) is 17.0 Å². The van der Waals surface area contributed by atoms with Gasteiger partial charge in [-0.2, -0.15) is 11.8 Å². The smallest absolute Gasteiger partial charge is 0.115 e. The predicted molar refractivity (Wildman–Crippen MR) is 78.0 cm³/mol. The molecule has 1 aliphatic rings. The Labute approximate surface area is 114 Å². The van der Waals surface area contributed by atoms with Crippen molar-refractivity contribution in [2.75, 3.05) is 6.26 Å². The minimum absolute atomic E-state index is 0.125. The second-order valence-electron chi connectivity index (χ2n) is 5.29. The van der Waals surface area contributed by atoms with Crippen molar-refractivity contribution in [2.24, 2.45) is 0 Å². The SMILES string of the molecule is CCC1(CC)c2cc(O)ccc2CC(SC)C1[NH3+]. The van der Waals surface area contributed by atoms with Crippen LogP contribution in [0.25, 0.3) is 0 Å². The minimum Gasteiger partial charge on any atom is -0.508 e. The van der Waals surface area contributed by atoms with Crippen molar-refractivity contribution in [2.45, 2.75) is 49.8 Å². The molecule has 4 N–H and O–H groups in total. The lowest BCUT2D eigenvalue weighted by molar-refractivity contribution is -0.439. The fourth-order valence-corrected chi connectivity index (χ4v) is 4.46. The van der Waals surface area contributed by atoms with Crippen LogP contribution in [0.5, 0.6) is 5.75 Å². The van der Waals surface area contributed by atoms with Crippen molar-refractivity contribution in [1.82, 2.24) is 0 Å². The van der Waals surface area contributed by atoms with Gasteiger partial charge in [-0.15, -0.1) is 0 Å². The van der Waals surface area contributed by atoms with Gasteiger partial charge in [0.05, 0.1) is 5.25 Å². The first-order chi connectivity index (χ1) is 8.58. The van der Waals surface area contributed by atoms with Crippen LogP contribution in [-0.2, 0) is 11.8 Å². The van der Waals surface area contributed by atoms with Gasteiger partial charge in [-0.1, -0.05) is 19.9 Å². The van der Waals surface area contributed by atoms with Gasteiger partial charge < -0.3 is 10.8 Å². The van der Waals surface area contributed by atoms with Crippen LogP contribution in [-0.4, -0.2) is 22.7 Å². The zero-order valence-electron chi connectivity index (χ0n) is 11.6. The molecule has 3 heteroatoms. The van der Waals surface area contributed by atoms with Crippen molar-refractivity contribution in [3.63, 3.8) is 0 Å². The summed E-state index contributed by atoms with van der Waals surface area (Å²) in [6.07, 6.45) is 5.44. The molecule has 2 unspecified atom stereocenters. The molecule has 0 saturated carbocycles. The van der Waals surface area contributed by atoms with Gasteiger partial charge in [0.15, 0.2) is 0 Å². The Morgan fingerprint density at radius 1 is 1.39 bits per heavy atom. The number of hydrogen-bond acceptors (Lipinski definition) is 2. The van der Waals surface area contributed by atoms with Crippen LogP contribution in [0.1, 0.15) is 37.8 Å². The van der Waals surface area contributed by atoms with E-state index in [4.69, 9.17) is 0 Å². The maximum atomic E-state index is 9.80. The lowest BCUT2D eigenvalue weighted by Gasteiger charge is -2.44. The third-order valence-electron chi connectivity index (χ3n) is 4.77. The average molecular weight is 266 g/mol. The molecule has 1 aliphatic carbocycles. The van der Waals surface area contributed by atoms with Gasteiger partial charge in [-0.3, -0.25) is 0 Å². The molecule has 0 saturated heterocycles. The van der Waals surface area contributed by atoms with Crippen molar-refractivity contribution >= 4 is 11.8 Å². The molecule has 0 aromatic heterocycles. The molecule has 0 aliphatic heterocycles. The number of hydrogen-bond donors (Lipinski definition) is 2. The van der Waals surface area contributed by atoms with Crippen LogP contribution < -0.4 is 5.73 Å². The Kier molecular flexibility index (Phi) is 3.93. The largest absolute Gasteiger partial charge is 0.508 e. The maximum absolute atomic E-state index is 9.80. The number of fused-ring (bicyclic) bond motifs is 1. The number of quaternary nitrogens is 1. The monoisotopic (exact) mass is 266 g/mol. The van der Waals surface area contributed by atoms with Gasteiger partial charge in [-0.25, -0.2) is 0 Å². The van der Waals surface area contributed by atoms with Gasteiger partial charge in [0, 0.05) is 5.41 Å². The van der Waals surface area contributed by atoms with Crippen molar-refractivity contribution < 1.29 is 10.8 Å². The van der Waals surface area contributed by atoms with E-state index in [1.165, 1.54) is 11.1 Å². The molecule has 0 heterocycles. The van der Waals surface area contributed by atoms with Crippen LogP contribution in [0.2, 0.25) is 0 Å². The number of phenols is 1. The van der Waals surface area contributed by atoms with Crippen LogP contribution in [0.15, 0.2) is 18.2 Å². The first-order valence-electron chi connectivity index (χ1n) is 6.77. The number of phenolic OH excluding ortho intramolecular Hbond substituents is 1. The molecule has 2 rings (SSSR count). The van der Waals surface area contributed by atoms with E-state index in [0.717, 1.165) is 19.3 Å². The van der Waals surface area contributed by atoms with Crippen molar-refractivity contribution in [3.05, 3.63) is 29.3 Å². The van der Waals surface area contributed by atoms with Crippen molar-refractivity contribution in [3.8, 4) is 5.75 Å². The Bertz CT molecular complexity index is 429. The summed E-state index contributed by atoms with van der Waals surface area (Å²) in [7, 11) is 0. The second-order valence-corrected chi connectivity index (χ2v) is 6.37. The standard InChI is InChI=1S/C15H23NOS/c1-4-15(5-2)12-9-11(17)7-6-10(12)8-13(18-3)14(15)16/h6-7,9,13-14,17H,4-5,8,16H2,1-3H3/p+1. The molecule has 100 valence electrons. The summed E-state index contributed by atoms with van der Waals surface area (Å²) in [4.78, 5) is 0. The topological polar surface area (TPSA) is 47.9 Å². The van der Waals surface area contributed by atoms with Crippen LogP contribution >= 0.6 is 11.8 Å². The number of benzene rings is 1. The highest BCUT2D eigenvalue weighted by atomic mass is 32.2. The Balaban J connectivity index is 2.59. The van der Waals surface area contributed by atoms with Crippen molar-refractivity contribution in [1.29, 1.82) is 0 Å².